The summed E-state index contributed by atoms with van der Waals surface area (Å²) in [6, 6.07) is 3.77. The van der Waals surface area contributed by atoms with Gasteiger partial charge in [-0.15, -0.1) is 0 Å². The molecule has 0 fully saturated rings. The zero-order chi connectivity index (χ0) is 13.4. The molecule has 0 spiro atoms. The number of nitrogens with zero attached hydrogens (tertiary/aromatic N) is 1. The van der Waals surface area contributed by atoms with Gasteiger partial charge in [0.1, 0.15) is 5.03 Å². The maximum atomic E-state index is 11.8. The highest BCUT2D eigenvalue weighted by molar-refractivity contribution is 9.10. The number of carbonyl (C=O) groups is 1. The molecule has 1 N–H and O–H groups in total. The van der Waals surface area contributed by atoms with Gasteiger partial charge >= 0.3 is 0 Å². The number of rotatable bonds is 7. The second-order valence-corrected chi connectivity index (χ2v) is 5.87. The summed E-state index contributed by atoms with van der Waals surface area (Å²) in [7, 11) is 1.65. The van der Waals surface area contributed by atoms with Gasteiger partial charge in [0.2, 0.25) is 5.91 Å². The van der Waals surface area contributed by atoms with E-state index in [2.05, 4.69) is 26.2 Å². The third kappa shape index (κ3) is 5.37. The van der Waals surface area contributed by atoms with E-state index in [0.29, 0.717) is 13.2 Å². The van der Waals surface area contributed by atoms with Gasteiger partial charge < -0.3 is 10.1 Å². The van der Waals surface area contributed by atoms with E-state index in [0.717, 1.165) is 15.9 Å². The standard InChI is InChI=1S/C12H17BrN2O2S/c1-9(11(16)14-7-4-8-17-2)18-12-10(13)5-3-6-15-12/h3,5-6,9H,4,7-8H2,1-2H3,(H,14,16). The van der Waals surface area contributed by atoms with E-state index in [-0.39, 0.29) is 11.2 Å². The number of ether oxygens (including phenoxy) is 1. The molecule has 100 valence electrons. The van der Waals surface area contributed by atoms with Crippen LogP contribution in [-0.2, 0) is 9.53 Å². The molecule has 4 nitrogen and oxygen atoms in total. The molecule has 0 aliphatic carbocycles. The first-order chi connectivity index (χ1) is 8.65. The molecule has 18 heavy (non-hydrogen) atoms. The van der Waals surface area contributed by atoms with Crippen molar-refractivity contribution in [2.75, 3.05) is 20.3 Å². The average Bonchev–Trinajstić information content (AvgIpc) is 2.37. The highest BCUT2D eigenvalue weighted by atomic mass is 79.9. The lowest BCUT2D eigenvalue weighted by molar-refractivity contribution is -0.120. The Hall–Kier alpha value is -0.590. The summed E-state index contributed by atoms with van der Waals surface area (Å²) in [5.41, 5.74) is 0. The van der Waals surface area contributed by atoms with Crippen LogP contribution < -0.4 is 5.32 Å². The van der Waals surface area contributed by atoms with Crippen LogP contribution in [0.15, 0.2) is 27.8 Å². The fourth-order valence-electron chi connectivity index (χ4n) is 1.25. The van der Waals surface area contributed by atoms with E-state index in [1.54, 1.807) is 13.3 Å². The number of halogens is 1. The molecule has 0 aliphatic rings. The Morgan fingerprint density at radius 2 is 2.44 bits per heavy atom. The highest BCUT2D eigenvalue weighted by Crippen LogP contribution is 2.28. The number of carbonyl (C=O) groups excluding carboxylic acids is 1. The molecule has 1 aromatic rings. The molecule has 0 bridgehead atoms. The summed E-state index contributed by atoms with van der Waals surface area (Å²) in [5, 5.41) is 3.54. The van der Waals surface area contributed by atoms with Gasteiger partial charge in [0.25, 0.3) is 0 Å². The normalized spacial score (nSPS) is 12.2. The first kappa shape index (κ1) is 15.5. The SMILES string of the molecule is COCCCNC(=O)C(C)Sc1ncccc1Br. The van der Waals surface area contributed by atoms with E-state index < -0.39 is 0 Å². The molecule has 0 aromatic carbocycles. The summed E-state index contributed by atoms with van der Waals surface area (Å²) < 4.78 is 5.83. The van der Waals surface area contributed by atoms with Crippen LogP contribution >= 0.6 is 27.7 Å². The molecule has 1 unspecified atom stereocenters. The molecule has 1 amide bonds. The molecule has 1 aromatic heterocycles. The van der Waals surface area contributed by atoms with Crippen molar-refractivity contribution in [3.05, 3.63) is 22.8 Å². The first-order valence-corrected chi connectivity index (χ1v) is 7.36. The molecule has 1 heterocycles. The van der Waals surface area contributed by atoms with Crippen LogP contribution in [-0.4, -0.2) is 36.4 Å². The number of pyridine rings is 1. The second-order valence-electron chi connectivity index (χ2n) is 3.69. The predicted octanol–water partition coefficient (Wildman–Crippen LogP) is 2.48. The van der Waals surface area contributed by atoms with Crippen molar-refractivity contribution in [3.8, 4) is 0 Å². The highest BCUT2D eigenvalue weighted by Gasteiger charge is 2.15. The van der Waals surface area contributed by atoms with Crippen molar-refractivity contribution >= 4 is 33.6 Å². The lowest BCUT2D eigenvalue weighted by Crippen LogP contribution is -2.32. The Bertz CT molecular complexity index is 390. The van der Waals surface area contributed by atoms with Crippen molar-refractivity contribution < 1.29 is 9.53 Å². The van der Waals surface area contributed by atoms with Gasteiger partial charge in [0.15, 0.2) is 0 Å². The van der Waals surface area contributed by atoms with Gasteiger partial charge in [-0.05, 0) is 41.4 Å². The molecule has 0 aliphatic heterocycles. The molecule has 0 saturated carbocycles. The minimum absolute atomic E-state index is 0.0219. The zero-order valence-electron chi connectivity index (χ0n) is 10.5. The van der Waals surface area contributed by atoms with Crippen molar-refractivity contribution in [2.24, 2.45) is 0 Å². The third-order valence-corrected chi connectivity index (χ3v) is 4.23. The second kappa shape index (κ2) is 8.50. The van der Waals surface area contributed by atoms with Gasteiger partial charge in [-0.3, -0.25) is 4.79 Å². The van der Waals surface area contributed by atoms with Gasteiger partial charge in [-0.2, -0.15) is 0 Å². The van der Waals surface area contributed by atoms with Crippen LogP contribution in [0, 0.1) is 0 Å². The summed E-state index contributed by atoms with van der Waals surface area (Å²) >= 11 is 4.86. The topological polar surface area (TPSA) is 51.2 Å². The minimum atomic E-state index is -0.168. The predicted molar refractivity (Wildman–Crippen MR) is 76.8 cm³/mol. The van der Waals surface area contributed by atoms with Crippen LogP contribution in [0.2, 0.25) is 0 Å². The van der Waals surface area contributed by atoms with Crippen molar-refractivity contribution in [1.82, 2.24) is 10.3 Å². The van der Waals surface area contributed by atoms with E-state index in [1.165, 1.54) is 11.8 Å². The van der Waals surface area contributed by atoms with E-state index in [4.69, 9.17) is 4.74 Å². The Morgan fingerprint density at radius 3 is 3.11 bits per heavy atom. The van der Waals surface area contributed by atoms with E-state index >= 15 is 0 Å². The van der Waals surface area contributed by atoms with Crippen LogP contribution in [0.4, 0.5) is 0 Å². The minimum Gasteiger partial charge on any atom is -0.385 e. The molecule has 1 rings (SSSR count). The number of amides is 1. The Balaban J connectivity index is 2.38. The molecule has 0 saturated heterocycles. The molecule has 1 atom stereocenters. The fourth-order valence-corrected chi connectivity index (χ4v) is 2.61. The van der Waals surface area contributed by atoms with Crippen LogP contribution in [0.1, 0.15) is 13.3 Å². The Morgan fingerprint density at radius 1 is 1.67 bits per heavy atom. The maximum Gasteiger partial charge on any atom is 0.233 e. The summed E-state index contributed by atoms with van der Waals surface area (Å²) in [4.78, 5) is 16.0. The summed E-state index contributed by atoms with van der Waals surface area (Å²) in [5.74, 6) is 0.0219. The number of aromatic nitrogens is 1. The number of methoxy groups -OCH3 is 1. The third-order valence-electron chi connectivity index (χ3n) is 2.21. The van der Waals surface area contributed by atoms with Gasteiger partial charge in [0, 0.05) is 30.9 Å². The Kier molecular flexibility index (Phi) is 7.31. The van der Waals surface area contributed by atoms with E-state index in [1.807, 2.05) is 19.1 Å². The smallest absolute Gasteiger partial charge is 0.233 e. The molecular formula is C12H17BrN2O2S. The quantitative estimate of drug-likeness (QED) is 0.615. The zero-order valence-corrected chi connectivity index (χ0v) is 12.9. The van der Waals surface area contributed by atoms with Gasteiger partial charge in [0.05, 0.1) is 5.25 Å². The van der Waals surface area contributed by atoms with Gasteiger partial charge in [-0.1, -0.05) is 11.8 Å². The largest absolute Gasteiger partial charge is 0.385 e. The molecule has 0 radical (unpaired) electrons. The van der Waals surface area contributed by atoms with Crippen LogP contribution in [0.5, 0.6) is 0 Å². The maximum absolute atomic E-state index is 11.8. The molecular weight excluding hydrogens is 316 g/mol. The summed E-state index contributed by atoms with van der Waals surface area (Å²) in [6.07, 6.45) is 2.54. The first-order valence-electron chi connectivity index (χ1n) is 5.69. The lowest BCUT2D eigenvalue weighted by Gasteiger charge is -2.12. The van der Waals surface area contributed by atoms with Crippen molar-refractivity contribution in [3.63, 3.8) is 0 Å². The van der Waals surface area contributed by atoms with Crippen LogP contribution in [0.25, 0.3) is 0 Å². The number of hydrogen-bond acceptors (Lipinski definition) is 4. The van der Waals surface area contributed by atoms with Crippen molar-refractivity contribution in [2.45, 2.75) is 23.6 Å². The Labute approximate surface area is 120 Å². The average molecular weight is 333 g/mol. The number of hydrogen-bond donors (Lipinski definition) is 1. The number of nitrogens with one attached hydrogen (secondary N) is 1. The fraction of sp³-hybridized carbons (Fsp3) is 0.500. The lowest BCUT2D eigenvalue weighted by atomic mass is 10.4. The number of thioether (sulfide) groups is 1. The van der Waals surface area contributed by atoms with Crippen molar-refractivity contribution in [1.29, 1.82) is 0 Å². The molecule has 6 heteroatoms. The van der Waals surface area contributed by atoms with Crippen LogP contribution in [0.3, 0.4) is 0 Å². The van der Waals surface area contributed by atoms with Gasteiger partial charge in [-0.25, -0.2) is 4.98 Å². The monoisotopic (exact) mass is 332 g/mol. The summed E-state index contributed by atoms with van der Waals surface area (Å²) in [6.45, 7) is 3.17. The van der Waals surface area contributed by atoms with E-state index in [9.17, 15) is 4.79 Å².